The predicted molar refractivity (Wildman–Crippen MR) is 138 cm³/mol. The number of carbonyl (C=O) groups is 1. The van der Waals surface area contributed by atoms with Crippen LogP contribution in [-0.2, 0) is 17.8 Å². The van der Waals surface area contributed by atoms with E-state index in [2.05, 4.69) is 84.5 Å². The fourth-order valence-electron chi connectivity index (χ4n) is 4.56. The van der Waals surface area contributed by atoms with Crippen molar-refractivity contribution in [1.29, 1.82) is 0 Å². The topological polar surface area (TPSA) is 34.0 Å². The van der Waals surface area contributed by atoms with Gasteiger partial charge in [-0.15, -0.1) is 0 Å². The van der Waals surface area contributed by atoms with Gasteiger partial charge in [0.2, 0.25) is 5.91 Å². The van der Waals surface area contributed by atoms with Crippen LogP contribution in [0.25, 0.3) is 10.9 Å². The number of fused-ring (bicyclic) bond motifs is 1. The van der Waals surface area contributed by atoms with Crippen molar-refractivity contribution in [1.82, 2.24) is 9.88 Å². The number of hydrogen-bond acceptors (Lipinski definition) is 1. The molecule has 0 aliphatic carbocycles. The second kappa shape index (κ2) is 10.7. The summed E-state index contributed by atoms with van der Waals surface area (Å²) in [5.41, 5.74) is 4.72. The first-order valence-corrected chi connectivity index (χ1v) is 12.1. The number of benzene rings is 3. The lowest BCUT2D eigenvalue weighted by Gasteiger charge is -2.20. The molecule has 3 aromatic carbocycles. The average molecular weight is 459 g/mol. The third-order valence-electron chi connectivity index (χ3n) is 6.29. The summed E-state index contributed by atoms with van der Waals surface area (Å²) >= 11 is 6.34. The summed E-state index contributed by atoms with van der Waals surface area (Å²) in [5, 5.41) is 5.10. The van der Waals surface area contributed by atoms with Crippen LogP contribution in [0.15, 0.2) is 85.1 Å². The van der Waals surface area contributed by atoms with Gasteiger partial charge < -0.3 is 9.88 Å². The van der Waals surface area contributed by atoms with E-state index in [0.717, 1.165) is 24.9 Å². The quantitative estimate of drug-likeness (QED) is 0.288. The molecule has 4 aromatic rings. The lowest BCUT2D eigenvalue weighted by Crippen LogP contribution is -2.33. The van der Waals surface area contributed by atoms with Crippen LogP contribution in [0.4, 0.5) is 0 Å². The molecule has 170 valence electrons. The standard InChI is InChI=1S/C29H31ClN2O/c1-3-32-20-27(25-14-7-8-15-28(25)32)26(23-12-9-13-24(30)18-23)19-29(33)31-21(2)16-17-22-10-5-4-6-11-22/h4-15,18,20-21,26H,3,16-17,19H2,1-2H3,(H,31,33). The Morgan fingerprint density at radius 3 is 2.52 bits per heavy atom. The van der Waals surface area contributed by atoms with Gasteiger partial charge in [-0.1, -0.05) is 72.3 Å². The van der Waals surface area contributed by atoms with E-state index in [4.69, 9.17) is 11.6 Å². The Morgan fingerprint density at radius 1 is 1.00 bits per heavy atom. The zero-order valence-corrected chi connectivity index (χ0v) is 20.1. The number of amides is 1. The van der Waals surface area contributed by atoms with Gasteiger partial charge in [-0.05, 0) is 61.6 Å². The summed E-state index contributed by atoms with van der Waals surface area (Å²) < 4.78 is 2.25. The minimum Gasteiger partial charge on any atom is -0.354 e. The molecule has 2 atom stereocenters. The molecule has 1 heterocycles. The van der Waals surface area contributed by atoms with Crippen molar-refractivity contribution < 1.29 is 4.79 Å². The molecule has 3 nitrogen and oxygen atoms in total. The van der Waals surface area contributed by atoms with Crippen molar-refractivity contribution >= 4 is 28.4 Å². The molecule has 0 fully saturated rings. The van der Waals surface area contributed by atoms with Crippen molar-refractivity contribution in [3.8, 4) is 0 Å². The average Bonchev–Trinajstić information content (AvgIpc) is 3.20. The lowest BCUT2D eigenvalue weighted by atomic mass is 9.88. The minimum atomic E-state index is -0.0669. The van der Waals surface area contributed by atoms with Crippen molar-refractivity contribution in [3.63, 3.8) is 0 Å². The van der Waals surface area contributed by atoms with E-state index in [0.29, 0.717) is 11.4 Å². The molecule has 2 unspecified atom stereocenters. The molecule has 0 saturated carbocycles. The van der Waals surface area contributed by atoms with Gasteiger partial charge in [-0.25, -0.2) is 0 Å². The molecule has 1 amide bonds. The van der Waals surface area contributed by atoms with Gasteiger partial charge in [0.05, 0.1) is 0 Å². The molecule has 1 N–H and O–H groups in total. The first-order valence-electron chi connectivity index (χ1n) is 11.7. The maximum Gasteiger partial charge on any atom is 0.221 e. The zero-order chi connectivity index (χ0) is 23.2. The highest BCUT2D eigenvalue weighted by Crippen LogP contribution is 2.35. The molecular formula is C29H31ClN2O. The number of carbonyl (C=O) groups excluding carboxylic acids is 1. The third-order valence-corrected chi connectivity index (χ3v) is 6.53. The number of para-hydroxylation sites is 1. The SMILES string of the molecule is CCn1cc(C(CC(=O)NC(C)CCc2ccccc2)c2cccc(Cl)c2)c2ccccc21. The van der Waals surface area contributed by atoms with Crippen LogP contribution in [0, 0.1) is 0 Å². The molecule has 33 heavy (non-hydrogen) atoms. The predicted octanol–water partition coefficient (Wildman–Crippen LogP) is 6.97. The molecule has 1 aromatic heterocycles. The van der Waals surface area contributed by atoms with Gasteiger partial charge in [0.15, 0.2) is 0 Å². The van der Waals surface area contributed by atoms with E-state index in [-0.39, 0.29) is 17.9 Å². The van der Waals surface area contributed by atoms with Crippen LogP contribution in [0.2, 0.25) is 5.02 Å². The van der Waals surface area contributed by atoms with Gasteiger partial charge in [0, 0.05) is 47.0 Å². The zero-order valence-electron chi connectivity index (χ0n) is 19.3. The highest BCUT2D eigenvalue weighted by atomic mass is 35.5. The van der Waals surface area contributed by atoms with E-state index >= 15 is 0 Å². The Bertz CT molecular complexity index is 1210. The minimum absolute atomic E-state index is 0.0638. The third kappa shape index (κ3) is 5.66. The van der Waals surface area contributed by atoms with Crippen LogP contribution >= 0.6 is 11.6 Å². The number of hydrogen-bond donors (Lipinski definition) is 1. The summed E-state index contributed by atoms with van der Waals surface area (Å²) in [6.07, 6.45) is 4.44. The number of aromatic nitrogens is 1. The highest BCUT2D eigenvalue weighted by molar-refractivity contribution is 6.30. The van der Waals surface area contributed by atoms with Crippen LogP contribution in [0.1, 0.15) is 49.3 Å². The number of rotatable bonds is 9. The molecule has 4 heteroatoms. The van der Waals surface area contributed by atoms with E-state index < -0.39 is 0 Å². The van der Waals surface area contributed by atoms with Gasteiger partial charge in [-0.3, -0.25) is 4.79 Å². The van der Waals surface area contributed by atoms with Crippen molar-refractivity contribution in [2.75, 3.05) is 0 Å². The Hall–Kier alpha value is -3.04. The molecule has 0 bridgehead atoms. The summed E-state index contributed by atoms with van der Waals surface area (Å²) in [7, 11) is 0. The monoisotopic (exact) mass is 458 g/mol. The second-order valence-electron chi connectivity index (χ2n) is 8.69. The van der Waals surface area contributed by atoms with Crippen LogP contribution in [0.3, 0.4) is 0 Å². The van der Waals surface area contributed by atoms with Crippen molar-refractivity contribution in [3.05, 3.63) is 107 Å². The summed E-state index contributed by atoms with van der Waals surface area (Å²) in [6, 6.07) is 26.8. The number of aryl methyl sites for hydroxylation is 2. The second-order valence-corrected chi connectivity index (χ2v) is 9.13. The Balaban J connectivity index is 1.56. The summed E-state index contributed by atoms with van der Waals surface area (Å²) in [4.78, 5) is 13.2. The Labute approximate surface area is 201 Å². The fraction of sp³-hybridized carbons (Fsp3) is 0.276. The number of nitrogens with one attached hydrogen (secondary N) is 1. The van der Waals surface area contributed by atoms with Gasteiger partial charge in [0.1, 0.15) is 0 Å². The Kier molecular flexibility index (Phi) is 7.51. The van der Waals surface area contributed by atoms with E-state index in [1.165, 1.54) is 22.0 Å². The molecule has 0 spiro atoms. The Morgan fingerprint density at radius 2 is 1.76 bits per heavy atom. The number of nitrogens with zero attached hydrogens (tertiary/aromatic N) is 1. The van der Waals surface area contributed by atoms with Gasteiger partial charge in [-0.2, -0.15) is 0 Å². The smallest absolute Gasteiger partial charge is 0.221 e. The molecule has 4 rings (SSSR count). The van der Waals surface area contributed by atoms with Crippen LogP contribution in [-0.4, -0.2) is 16.5 Å². The molecule has 0 radical (unpaired) electrons. The van der Waals surface area contributed by atoms with Crippen molar-refractivity contribution in [2.45, 2.75) is 51.6 Å². The van der Waals surface area contributed by atoms with Crippen LogP contribution < -0.4 is 5.32 Å². The molecule has 0 aliphatic heterocycles. The molecule has 0 saturated heterocycles. The van der Waals surface area contributed by atoms with Gasteiger partial charge in [0.25, 0.3) is 0 Å². The largest absolute Gasteiger partial charge is 0.354 e. The first kappa shape index (κ1) is 23.1. The molecule has 0 aliphatic rings. The van der Waals surface area contributed by atoms with Crippen LogP contribution in [0.5, 0.6) is 0 Å². The fourth-order valence-corrected chi connectivity index (χ4v) is 4.76. The van der Waals surface area contributed by atoms with Gasteiger partial charge >= 0.3 is 0 Å². The normalized spacial score (nSPS) is 13.1. The first-order chi connectivity index (χ1) is 16.0. The van der Waals surface area contributed by atoms with Crippen molar-refractivity contribution in [2.24, 2.45) is 0 Å². The number of halogens is 1. The van der Waals surface area contributed by atoms with E-state index in [1.54, 1.807) is 0 Å². The summed E-state index contributed by atoms with van der Waals surface area (Å²) in [6.45, 7) is 5.11. The van der Waals surface area contributed by atoms with E-state index in [1.807, 2.05) is 24.3 Å². The van der Waals surface area contributed by atoms with E-state index in [9.17, 15) is 4.79 Å². The maximum absolute atomic E-state index is 13.2. The highest BCUT2D eigenvalue weighted by Gasteiger charge is 2.23. The summed E-state index contributed by atoms with van der Waals surface area (Å²) in [5.74, 6) is -0.00316. The maximum atomic E-state index is 13.2. The molecular weight excluding hydrogens is 428 g/mol. The lowest BCUT2D eigenvalue weighted by molar-refractivity contribution is -0.121.